The third-order valence-electron chi connectivity index (χ3n) is 3.00. The molecule has 0 saturated carbocycles. The molecule has 5 heteroatoms. The van der Waals surface area contributed by atoms with Crippen LogP contribution in [0.5, 0.6) is 0 Å². The number of carboxylic acids is 1. The van der Waals surface area contributed by atoms with Crippen LogP contribution in [0.3, 0.4) is 0 Å². The van der Waals surface area contributed by atoms with Gasteiger partial charge in [0.2, 0.25) is 0 Å². The van der Waals surface area contributed by atoms with Crippen molar-refractivity contribution in [3.8, 4) is 0 Å². The Morgan fingerprint density at radius 2 is 2.00 bits per heavy atom. The van der Waals surface area contributed by atoms with Crippen molar-refractivity contribution in [1.29, 1.82) is 0 Å². The van der Waals surface area contributed by atoms with Crippen molar-refractivity contribution >= 4 is 17.7 Å². The Labute approximate surface area is 118 Å². The first-order chi connectivity index (χ1) is 9.24. The first-order valence-electron chi connectivity index (χ1n) is 6.81. The van der Waals surface area contributed by atoms with Gasteiger partial charge in [-0.05, 0) is 36.6 Å². The Bertz CT molecular complexity index is 364. The fraction of sp³-hybridized carbons (Fsp3) is 0.643. The van der Waals surface area contributed by atoms with Gasteiger partial charge in [-0.2, -0.15) is 0 Å². The Hall–Kier alpha value is -1.10. The lowest BCUT2D eigenvalue weighted by Gasteiger charge is -2.09. The van der Waals surface area contributed by atoms with Gasteiger partial charge in [0.25, 0.3) is 0 Å². The molecule has 1 aliphatic rings. The first kappa shape index (κ1) is 16.0. The highest BCUT2D eigenvalue weighted by Crippen LogP contribution is 2.29. The average Bonchev–Trinajstić information content (AvgIpc) is 2.42. The fourth-order valence-electron chi connectivity index (χ4n) is 1.94. The van der Waals surface area contributed by atoms with Crippen LogP contribution in [-0.2, 0) is 4.79 Å². The van der Waals surface area contributed by atoms with E-state index in [1.165, 1.54) is 0 Å². The van der Waals surface area contributed by atoms with Crippen LogP contribution >= 0.6 is 11.8 Å². The molecule has 0 bridgehead atoms. The molecule has 106 valence electrons. The van der Waals surface area contributed by atoms with Gasteiger partial charge in [-0.25, -0.2) is 0 Å². The Morgan fingerprint density at radius 1 is 1.26 bits per heavy atom. The van der Waals surface area contributed by atoms with Crippen LogP contribution in [0.25, 0.3) is 0 Å². The molecule has 0 unspecified atom stereocenters. The van der Waals surface area contributed by atoms with Gasteiger partial charge in [0.05, 0.1) is 5.70 Å². The van der Waals surface area contributed by atoms with Gasteiger partial charge < -0.3 is 5.11 Å². The van der Waals surface area contributed by atoms with E-state index in [2.05, 4.69) is 11.3 Å². The van der Waals surface area contributed by atoms with Gasteiger partial charge in [0, 0.05) is 11.3 Å². The first-order valence-corrected chi connectivity index (χ1v) is 7.80. The summed E-state index contributed by atoms with van der Waals surface area (Å²) in [5, 5.41) is 11.6. The van der Waals surface area contributed by atoms with E-state index in [4.69, 9.17) is 5.11 Å². The van der Waals surface area contributed by atoms with Crippen molar-refractivity contribution in [3.63, 3.8) is 0 Å². The van der Waals surface area contributed by atoms with Gasteiger partial charge in [0.15, 0.2) is 0 Å². The molecule has 0 aromatic carbocycles. The number of carboxylic acid groups (broad SMARTS) is 1. The molecular formula is C14H21NO3S. The van der Waals surface area contributed by atoms with E-state index in [1.54, 1.807) is 11.8 Å². The van der Waals surface area contributed by atoms with Crippen LogP contribution in [0.4, 0.5) is 0 Å². The number of rotatable bonds is 10. The number of carbonyl (C=O) groups is 1. The van der Waals surface area contributed by atoms with Crippen molar-refractivity contribution in [3.05, 3.63) is 27.7 Å². The number of unbranched alkanes of at least 4 members (excludes halogenated alkanes) is 4. The monoisotopic (exact) mass is 283 g/mol. The molecule has 4 nitrogen and oxygen atoms in total. The van der Waals surface area contributed by atoms with Crippen LogP contribution in [-0.4, -0.2) is 16.8 Å². The number of thioether (sulfide) groups is 1. The van der Waals surface area contributed by atoms with E-state index in [-0.39, 0.29) is 6.42 Å². The maximum Gasteiger partial charge on any atom is 0.303 e. The number of aliphatic carboxylic acids is 1. The van der Waals surface area contributed by atoms with Crippen molar-refractivity contribution in [2.24, 2.45) is 5.18 Å². The fourth-order valence-corrected chi connectivity index (χ4v) is 3.01. The van der Waals surface area contributed by atoms with Crippen LogP contribution in [0, 0.1) is 4.91 Å². The minimum atomic E-state index is -0.708. The average molecular weight is 283 g/mol. The molecule has 0 amide bonds. The summed E-state index contributed by atoms with van der Waals surface area (Å²) in [6.45, 7) is 0. The largest absolute Gasteiger partial charge is 0.481 e. The number of nitroso groups, excluding NO2 is 1. The summed E-state index contributed by atoms with van der Waals surface area (Å²) < 4.78 is 0. The van der Waals surface area contributed by atoms with Gasteiger partial charge in [-0.15, -0.1) is 16.7 Å². The molecule has 1 aliphatic carbocycles. The van der Waals surface area contributed by atoms with E-state index < -0.39 is 5.97 Å². The molecule has 0 fully saturated rings. The minimum Gasteiger partial charge on any atom is -0.481 e. The smallest absolute Gasteiger partial charge is 0.303 e. The summed E-state index contributed by atoms with van der Waals surface area (Å²) >= 11 is 1.70. The number of hydrogen-bond acceptors (Lipinski definition) is 4. The minimum absolute atomic E-state index is 0.279. The quantitative estimate of drug-likeness (QED) is 0.474. The second kappa shape index (κ2) is 9.78. The molecule has 0 spiro atoms. The molecule has 0 heterocycles. The number of hydrogen-bond donors (Lipinski definition) is 1. The topological polar surface area (TPSA) is 66.7 Å². The molecule has 0 aromatic heterocycles. The zero-order chi connectivity index (χ0) is 13.9. The van der Waals surface area contributed by atoms with Crippen LogP contribution in [0.15, 0.2) is 27.9 Å². The SMILES string of the molecule is O=NC1=C(SCCCCCCCC(=O)O)C=CCC1. The highest BCUT2D eigenvalue weighted by atomic mass is 32.2. The number of allylic oxidation sites excluding steroid dienone is 3. The molecule has 0 aliphatic heterocycles. The number of nitrogens with zero attached hydrogens (tertiary/aromatic N) is 1. The molecular weight excluding hydrogens is 262 g/mol. The summed E-state index contributed by atoms with van der Waals surface area (Å²) in [5.74, 6) is 0.290. The van der Waals surface area contributed by atoms with Gasteiger partial charge in [0.1, 0.15) is 0 Å². The van der Waals surface area contributed by atoms with Crippen LogP contribution in [0.1, 0.15) is 51.4 Å². The van der Waals surface area contributed by atoms with Crippen LogP contribution < -0.4 is 0 Å². The highest BCUT2D eigenvalue weighted by molar-refractivity contribution is 8.03. The normalized spacial score (nSPS) is 14.7. The molecule has 0 atom stereocenters. The zero-order valence-electron chi connectivity index (χ0n) is 11.1. The molecule has 1 N–H and O–H groups in total. The molecule has 0 radical (unpaired) electrons. The molecule has 19 heavy (non-hydrogen) atoms. The summed E-state index contributed by atoms with van der Waals surface area (Å²) in [7, 11) is 0. The molecule has 1 rings (SSSR count). The van der Waals surface area contributed by atoms with Crippen molar-refractivity contribution in [2.45, 2.75) is 51.4 Å². The van der Waals surface area contributed by atoms with E-state index in [1.807, 2.05) is 6.08 Å². The van der Waals surface area contributed by atoms with E-state index in [9.17, 15) is 9.70 Å². The Morgan fingerprint density at radius 3 is 2.74 bits per heavy atom. The predicted molar refractivity (Wildman–Crippen MR) is 79.0 cm³/mol. The second-order valence-corrected chi connectivity index (χ2v) is 5.74. The Kier molecular flexibility index (Phi) is 8.21. The highest BCUT2D eigenvalue weighted by Gasteiger charge is 2.09. The maximum atomic E-state index is 10.6. The lowest BCUT2D eigenvalue weighted by atomic mass is 10.1. The van der Waals surface area contributed by atoms with Gasteiger partial charge >= 0.3 is 5.97 Å². The second-order valence-electron chi connectivity index (χ2n) is 4.60. The van der Waals surface area contributed by atoms with Crippen molar-refractivity contribution in [2.75, 3.05) is 5.75 Å². The molecule has 0 aromatic rings. The Balaban J connectivity index is 2.04. The third kappa shape index (κ3) is 7.15. The van der Waals surface area contributed by atoms with Gasteiger partial charge in [-0.3, -0.25) is 4.79 Å². The maximum absolute atomic E-state index is 10.6. The zero-order valence-corrected chi connectivity index (χ0v) is 12.0. The van der Waals surface area contributed by atoms with Gasteiger partial charge in [-0.1, -0.05) is 31.4 Å². The third-order valence-corrected chi connectivity index (χ3v) is 4.18. The van der Waals surface area contributed by atoms with Crippen molar-refractivity contribution < 1.29 is 9.90 Å². The summed E-state index contributed by atoms with van der Waals surface area (Å²) in [5.41, 5.74) is 0.689. The lowest BCUT2D eigenvalue weighted by molar-refractivity contribution is -0.137. The summed E-state index contributed by atoms with van der Waals surface area (Å²) in [6, 6.07) is 0. The van der Waals surface area contributed by atoms with E-state index in [0.29, 0.717) is 5.70 Å². The van der Waals surface area contributed by atoms with E-state index >= 15 is 0 Å². The predicted octanol–water partition coefficient (Wildman–Crippen LogP) is 4.47. The lowest BCUT2D eigenvalue weighted by Crippen LogP contribution is -1.94. The van der Waals surface area contributed by atoms with Crippen molar-refractivity contribution in [1.82, 2.24) is 0 Å². The summed E-state index contributed by atoms with van der Waals surface area (Å²) in [6.07, 6.45) is 11.1. The standard InChI is InChI=1S/C14H21NO3S/c16-14(17)10-4-2-1-3-7-11-19-13-9-6-5-8-12(13)15-18/h6,9H,1-5,7-8,10-11H2,(H,16,17). The molecule has 0 saturated heterocycles. The van der Waals surface area contributed by atoms with Crippen LogP contribution in [0.2, 0.25) is 0 Å². The summed E-state index contributed by atoms with van der Waals surface area (Å²) in [4.78, 5) is 22.0. The van der Waals surface area contributed by atoms with E-state index in [0.717, 1.165) is 55.6 Å².